The standard InChI is InChI=1S/C12H14O5/c1-5(2)10(13)16-9-8-7-6(11(14)15-8)4-12(9,3)17-7/h6-9H,1,4H2,2-3H3. The number of hydrogen-bond donors (Lipinski definition) is 0. The quantitative estimate of drug-likeness (QED) is 0.520. The van der Waals surface area contributed by atoms with E-state index in [1.54, 1.807) is 6.92 Å². The summed E-state index contributed by atoms with van der Waals surface area (Å²) in [4.78, 5) is 23.1. The summed E-state index contributed by atoms with van der Waals surface area (Å²) in [6, 6.07) is 0. The molecule has 3 rings (SSSR count). The zero-order chi connectivity index (χ0) is 12.4. The average molecular weight is 238 g/mol. The van der Waals surface area contributed by atoms with Crippen molar-refractivity contribution in [2.45, 2.75) is 44.2 Å². The molecule has 0 saturated carbocycles. The smallest absolute Gasteiger partial charge is 0.333 e. The van der Waals surface area contributed by atoms with Gasteiger partial charge in [0, 0.05) is 5.57 Å². The first-order valence-corrected chi connectivity index (χ1v) is 5.67. The van der Waals surface area contributed by atoms with Gasteiger partial charge in [0.1, 0.15) is 11.7 Å². The minimum atomic E-state index is -0.600. The molecule has 0 N–H and O–H groups in total. The second-order valence-corrected chi connectivity index (χ2v) is 5.21. The Hall–Kier alpha value is -1.36. The van der Waals surface area contributed by atoms with Gasteiger partial charge in [-0.1, -0.05) is 6.58 Å². The molecular weight excluding hydrogens is 224 g/mol. The molecule has 92 valence electrons. The van der Waals surface area contributed by atoms with Gasteiger partial charge in [-0.3, -0.25) is 4.79 Å². The summed E-state index contributed by atoms with van der Waals surface area (Å²) in [5.41, 5.74) is -0.269. The van der Waals surface area contributed by atoms with Crippen molar-refractivity contribution >= 4 is 11.9 Å². The number of esters is 2. The van der Waals surface area contributed by atoms with Crippen molar-refractivity contribution in [2.75, 3.05) is 0 Å². The first-order chi connectivity index (χ1) is 7.92. The summed E-state index contributed by atoms with van der Waals surface area (Å²) in [5, 5.41) is 0. The van der Waals surface area contributed by atoms with Gasteiger partial charge < -0.3 is 14.2 Å². The van der Waals surface area contributed by atoms with Gasteiger partial charge in [-0.15, -0.1) is 0 Å². The van der Waals surface area contributed by atoms with Gasteiger partial charge in [0.05, 0.1) is 5.92 Å². The second-order valence-electron chi connectivity index (χ2n) is 5.21. The van der Waals surface area contributed by atoms with Crippen molar-refractivity contribution in [1.29, 1.82) is 0 Å². The maximum atomic E-state index is 11.6. The van der Waals surface area contributed by atoms with Gasteiger partial charge in [-0.2, -0.15) is 0 Å². The van der Waals surface area contributed by atoms with Crippen molar-refractivity contribution in [1.82, 2.24) is 0 Å². The van der Waals surface area contributed by atoms with Crippen LogP contribution in [0.1, 0.15) is 20.3 Å². The molecule has 2 bridgehead atoms. The Morgan fingerprint density at radius 1 is 1.53 bits per heavy atom. The van der Waals surface area contributed by atoms with Crippen LogP contribution >= 0.6 is 0 Å². The fourth-order valence-corrected chi connectivity index (χ4v) is 2.97. The Labute approximate surface area is 98.7 Å². The number of hydrogen-bond acceptors (Lipinski definition) is 5. The molecule has 5 atom stereocenters. The molecule has 0 radical (unpaired) electrons. The minimum Gasteiger partial charge on any atom is -0.455 e. The predicted molar refractivity (Wildman–Crippen MR) is 56.0 cm³/mol. The third kappa shape index (κ3) is 1.29. The molecule has 5 nitrogen and oxygen atoms in total. The van der Waals surface area contributed by atoms with Crippen LogP contribution in [0, 0.1) is 5.92 Å². The minimum absolute atomic E-state index is 0.190. The lowest BCUT2D eigenvalue weighted by molar-refractivity contribution is -0.161. The van der Waals surface area contributed by atoms with Crippen LogP contribution in [0.2, 0.25) is 0 Å². The summed E-state index contributed by atoms with van der Waals surface area (Å²) in [5.74, 6) is -0.894. The van der Waals surface area contributed by atoms with Crippen LogP contribution in [0.5, 0.6) is 0 Å². The highest BCUT2D eigenvalue weighted by atomic mass is 16.7. The van der Waals surface area contributed by atoms with Crippen LogP contribution < -0.4 is 0 Å². The van der Waals surface area contributed by atoms with Gasteiger partial charge in [0.25, 0.3) is 0 Å². The average Bonchev–Trinajstić information content (AvgIpc) is 2.78. The van der Waals surface area contributed by atoms with Gasteiger partial charge in [0.2, 0.25) is 0 Å². The van der Waals surface area contributed by atoms with E-state index in [1.807, 2.05) is 6.92 Å². The van der Waals surface area contributed by atoms with Crippen LogP contribution in [0.4, 0.5) is 0 Å². The number of carbonyl (C=O) groups excluding carboxylic acids is 2. The van der Waals surface area contributed by atoms with E-state index in [1.165, 1.54) is 0 Å². The molecule has 5 unspecified atom stereocenters. The normalized spacial score (nSPS) is 45.9. The summed E-state index contributed by atoms with van der Waals surface area (Å²) < 4.78 is 16.3. The third-order valence-corrected chi connectivity index (χ3v) is 3.79. The first kappa shape index (κ1) is 10.8. The zero-order valence-corrected chi connectivity index (χ0v) is 9.76. The van der Waals surface area contributed by atoms with Crippen LogP contribution in [0.25, 0.3) is 0 Å². The molecule has 3 aliphatic heterocycles. The van der Waals surface area contributed by atoms with Crippen LogP contribution in [0.3, 0.4) is 0 Å². The van der Waals surface area contributed by atoms with E-state index in [9.17, 15) is 9.59 Å². The molecule has 3 heterocycles. The molecule has 0 spiro atoms. The molecule has 0 aromatic carbocycles. The van der Waals surface area contributed by atoms with E-state index in [-0.39, 0.29) is 18.0 Å². The van der Waals surface area contributed by atoms with Crippen LogP contribution in [-0.4, -0.2) is 35.9 Å². The molecule has 17 heavy (non-hydrogen) atoms. The lowest BCUT2D eigenvalue weighted by Crippen LogP contribution is -2.46. The molecular formula is C12H14O5. The van der Waals surface area contributed by atoms with Crippen molar-refractivity contribution in [3.63, 3.8) is 0 Å². The van der Waals surface area contributed by atoms with Crippen LogP contribution in [-0.2, 0) is 23.8 Å². The summed E-state index contributed by atoms with van der Waals surface area (Å²) in [7, 11) is 0. The van der Waals surface area contributed by atoms with Gasteiger partial charge in [-0.05, 0) is 20.3 Å². The first-order valence-electron chi connectivity index (χ1n) is 5.67. The maximum Gasteiger partial charge on any atom is 0.333 e. The van der Waals surface area contributed by atoms with E-state index < -0.39 is 23.8 Å². The highest BCUT2D eigenvalue weighted by molar-refractivity contribution is 5.87. The Kier molecular flexibility index (Phi) is 1.96. The molecule has 3 aliphatic rings. The number of ether oxygens (including phenoxy) is 3. The van der Waals surface area contributed by atoms with E-state index in [2.05, 4.69) is 6.58 Å². The number of rotatable bonds is 2. The topological polar surface area (TPSA) is 61.8 Å². The van der Waals surface area contributed by atoms with Gasteiger partial charge in [0.15, 0.2) is 12.2 Å². The third-order valence-electron chi connectivity index (χ3n) is 3.79. The van der Waals surface area contributed by atoms with Crippen molar-refractivity contribution in [3.8, 4) is 0 Å². The lowest BCUT2D eigenvalue weighted by atomic mass is 9.80. The molecule has 3 fully saturated rings. The zero-order valence-electron chi connectivity index (χ0n) is 9.76. The van der Waals surface area contributed by atoms with E-state index in [4.69, 9.17) is 14.2 Å². The fourth-order valence-electron chi connectivity index (χ4n) is 2.97. The molecule has 0 aliphatic carbocycles. The SMILES string of the molecule is C=C(C)C(=O)OC1C2OC(=O)C3CC1(C)OC32. The second kappa shape index (κ2) is 3.10. The van der Waals surface area contributed by atoms with E-state index >= 15 is 0 Å². The largest absolute Gasteiger partial charge is 0.455 e. The van der Waals surface area contributed by atoms with Crippen molar-refractivity contribution in [3.05, 3.63) is 12.2 Å². The molecule has 0 amide bonds. The number of carbonyl (C=O) groups is 2. The Balaban J connectivity index is 1.85. The predicted octanol–water partition coefficient (Wildman–Crippen LogP) is 0.577. The molecule has 5 heteroatoms. The highest BCUT2D eigenvalue weighted by Crippen LogP contribution is 2.53. The van der Waals surface area contributed by atoms with E-state index in [0.29, 0.717) is 12.0 Å². The monoisotopic (exact) mass is 238 g/mol. The highest BCUT2D eigenvalue weighted by Gasteiger charge is 2.70. The lowest BCUT2D eigenvalue weighted by Gasteiger charge is -2.29. The number of fused-ring (bicyclic) bond motifs is 1. The van der Waals surface area contributed by atoms with E-state index in [0.717, 1.165) is 0 Å². The van der Waals surface area contributed by atoms with Crippen molar-refractivity contribution < 1.29 is 23.8 Å². The van der Waals surface area contributed by atoms with Crippen molar-refractivity contribution in [2.24, 2.45) is 5.92 Å². The fraction of sp³-hybridized carbons (Fsp3) is 0.667. The molecule has 0 aromatic heterocycles. The summed E-state index contributed by atoms with van der Waals surface area (Å²) in [6.45, 7) is 6.98. The Morgan fingerprint density at radius 2 is 2.24 bits per heavy atom. The summed E-state index contributed by atoms with van der Waals surface area (Å²) >= 11 is 0. The summed E-state index contributed by atoms with van der Waals surface area (Å²) in [6.07, 6.45) is -0.661. The van der Waals surface area contributed by atoms with Gasteiger partial charge in [-0.25, -0.2) is 4.79 Å². The maximum absolute atomic E-state index is 11.6. The Morgan fingerprint density at radius 3 is 2.88 bits per heavy atom. The Bertz CT molecular complexity index is 429. The van der Waals surface area contributed by atoms with Gasteiger partial charge >= 0.3 is 11.9 Å². The molecule has 0 aromatic rings. The van der Waals surface area contributed by atoms with Crippen LogP contribution in [0.15, 0.2) is 12.2 Å². The molecule has 3 saturated heterocycles.